The van der Waals surface area contributed by atoms with Gasteiger partial charge in [-0.2, -0.15) is 0 Å². The van der Waals surface area contributed by atoms with Gasteiger partial charge in [-0.15, -0.1) is 0 Å². The van der Waals surface area contributed by atoms with Crippen LogP contribution < -0.4 is 14.8 Å². The lowest BCUT2D eigenvalue weighted by molar-refractivity contribution is 0.174. The van der Waals surface area contributed by atoms with Crippen LogP contribution in [0.4, 0.5) is 10.1 Å². The summed E-state index contributed by atoms with van der Waals surface area (Å²) in [5.41, 5.74) is 1.63. The highest BCUT2D eigenvalue weighted by Gasteiger charge is 2.37. The minimum Gasteiger partial charge on any atom is -0.454 e. The third kappa shape index (κ3) is 3.19. The summed E-state index contributed by atoms with van der Waals surface area (Å²) in [5, 5.41) is 4.36. The Balaban J connectivity index is 1.47. The number of nitrogens with one attached hydrogen (secondary N) is 1. The van der Waals surface area contributed by atoms with Crippen molar-refractivity contribution in [2.75, 3.05) is 25.2 Å². The van der Waals surface area contributed by atoms with Gasteiger partial charge in [0.25, 0.3) is 0 Å². The molecule has 0 saturated carbocycles. The number of hydrogen-bond donors (Lipinski definition) is 1. The van der Waals surface area contributed by atoms with E-state index >= 15 is 0 Å². The van der Waals surface area contributed by atoms with E-state index in [9.17, 15) is 4.39 Å². The third-order valence-corrected chi connectivity index (χ3v) is 5.64. The van der Waals surface area contributed by atoms with Crippen LogP contribution in [0, 0.1) is 5.82 Å². The second-order valence-electron chi connectivity index (χ2n) is 6.85. The highest BCUT2D eigenvalue weighted by atomic mass is 35.5. The fourth-order valence-electron chi connectivity index (χ4n) is 3.51. The molecule has 0 radical (unpaired) electrons. The summed E-state index contributed by atoms with van der Waals surface area (Å²) in [5.74, 6) is 1.13. The number of nitrogens with zero attached hydrogens (tertiary/aromatic N) is 1. The number of likely N-dealkylation sites (tertiary alicyclic amines) is 1. The molecule has 0 amide bonds. The van der Waals surface area contributed by atoms with Crippen molar-refractivity contribution in [2.45, 2.75) is 18.8 Å². The summed E-state index contributed by atoms with van der Waals surface area (Å²) in [6.07, 6.45) is 0.890. The van der Waals surface area contributed by atoms with Gasteiger partial charge in [0.1, 0.15) is 5.82 Å². The number of anilines is 1. The third-order valence-electron chi connectivity index (χ3n) is 4.97. The fourth-order valence-corrected chi connectivity index (χ4v) is 4.18. The molecule has 136 valence electrons. The maximum Gasteiger partial charge on any atom is 0.231 e. The number of hydrogen-bond acceptors (Lipinski definition) is 3. The number of fused-ring (bicyclic) bond motifs is 1. The molecular formula is C19H18ClFN2O2S. The van der Waals surface area contributed by atoms with Crippen molar-refractivity contribution in [3.05, 3.63) is 52.8 Å². The lowest BCUT2D eigenvalue weighted by Gasteiger charge is -2.27. The van der Waals surface area contributed by atoms with Gasteiger partial charge in [0, 0.05) is 35.3 Å². The number of ether oxygens (including phenoxy) is 2. The van der Waals surface area contributed by atoms with Crippen LogP contribution in [0.15, 0.2) is 36.4 Å². The predicted octanol–water partition coefficient (Wildman–Crippen LogP) is 4.57. The van der Waals surface area contributed by atoms with E-state index in [0.29, 0.717) is 15.9 Å². The Kier molecular flexibility index (Phi) is 4.40. The topological polar surface area (TPSA) is 33.7 Å². The van der Waals surface area contributed by atoms with E-state index in [4.69, 9.17) is 33.3 Å². The van der Waals surface area contributed by atoms with E-state index < -0.39 is 0 Å². The Labute approximate surface area is 161 Å². The molecule has 0 unspecified atom stereocenters. The van der Waals surface area contributed by atoms with Crippen molar-refractivity contribution in [1.82, 2.24) is 4.90 Å². The summed E-state index contributed by atoms with van der Waals surface area (Å²) < 4.78 is 24.1. The Morgan fingerprint density at radius 3 is 2.85 bits per heavy atom. The molecule has 2 heterocycles. The van der Waals surface area contributed by atoms with Crippen LogP contribution in [0.2, 0.25) is 5.02 Å². The molecule has 2 aromatic rings. The predicted molar refractivity (Wildman–Crippen MR) is 104 cm³/mol. The number of benzene rings is 2. The van der Waals surface area contributed by atoms with Gasteiger partial charge in [-0.3, -0.25) is 0 Å². The first-order valence-electron chi connectivity index (χ1n) is 8.36. The maximum atomic E-state index is 13.4. The smallest absolute Gasteiger partial charge is 0.231 e. The summed E-state index contributed by atoms with van der Waals surface area (Å²) in [7, 11) is 0. The molecule has 4 rings (SSSR count). The van der Waals surface area contributed by atoms with E-state index in [-0.39, 0.29) is 18.0 Å². The van der Waals surface area contributed by atoms with Crippen molar-refractivity contribution in [3.8, 4) is 11.5 Å². The van der Waals surface area contributed by atoms with Crippen LogP contribution in [0.1, 0.15) is 18.9 Å². The van der Waals surface area contributed by atoms with Gasteiger partial charge in [0.05, 0.1) is 0 Å². The molecule has 2 aromatic carbocycles. The molecule has 1 N–H and O–H groups in total. The van der Waals surface area contributed by atoms with Crippen molar-refractivity contribution in [3.63, 3.8) is 0 Å². The normalized spacial score (nSPS) is 21.1. The first kappa shape index (κ1) is 17.4. The van der Waals surface area contributed by atoms with Gasteiger partial charge in [-0.05, 0) is 48.5 Å². The van der Waals surface area contributed by atoms with Crippen LogP contribution in [0.3, 0.4) is 0 Å². The summed E-state index contributed by atoms with van der Waals surface area (Å²) in [4.78, 5) is 2.11. The van der Waals surface area contributed by atoms with Gasteiger partial charge < -0.3 is 19.7 Å². The highest BCUT2D eigenvalue weighted by molar-refractivity contribution is 7.80. The summed E-state index contributed by atoms with van der Waals surface area (Å²) in [6, 6.07) is 10.2. The van der Waals surface area contributed by atoms with E-state index in [1.165, 1.54) is 12.1 Å². The molecule has 4 nitrogen and oxygen atoms in total. The van der Waals surface area contributed by atoms with Crippen molar-refractivity contribution >= 4 is 34.6 Å². The van der Waals surface area contributed by atoms with Crippen LogP contribution in [-0.4, -0.2) is 29.9 Å². The lowest BCUT2D eigenvalue weighted by Crippen LogP contribution is -2.35. The van der Waals surface area contributed by atoms with Crippen molar-refractivity contribution in [1.29, 1.82) is 0 Å². The fraction of sp³-hybridized carbons (Fsp3) is 0.316. The molecule has 1 saturated heterocycles. The maximum absolute atomic E-state index is 13.4. The molecule has 1 atom stereocenters. The minimum atomic E-state index is -0.322. The number of halogens is 2. The summed E-state index contributed by atoms with van der Waals surface area (Å²) in [6.45, 7) is 3.90. The van der Waals surface area contributed by atoms with Crippen LogP contribution in [-0.2, 0) is 5.41 Å². The Hall–Kier alpha value is -2.05. The zero-order valence-electron chi connectivity index (χ0n) is 14.2. The molecule has 26 heavy (non-hydrogen) atoms. The molecule has 0 aromatic heterocycles. The van der Waals surface area contributed by atoms with E-state index in [1.807, 2.05) is 18.2 Å². The monoisotopic (exact) mass is 392 g/mol. The van der Waals surface area contributed by atoms with Gasteiger partial charge in [-0.1, -0.05) is 24.6 Å². The second-order valence-corrected chi connectivity index (χ2v) is 7.65. The van der Waals surface area contributed by atoms with E-state index in [1.54, 1.807) is 6.07 Å². The first-order valence-corrected chi connectivity index (χ1v) is 9.14. The standard InChI is InChI=1S/C19H18ClFN2O2S/c1-19(14-4-2-12(21)8-15(14)20)6-7-23(10-19)18(26)22-13-3-5-16-17(9-13)25-11-24-16/h2-5,8-9H,6-7,10-11H2,1H3,(H,22,26)/t19-/m1/s1. The van der Waals surface area contributed by atoms with Crippen molar-refractivity contribution < 1.29 is 13.9 Å². The first-order chi connectivity index (χ1) is 12.4. The zero-order chi connectivity index (χ0) is 18.3. The molecule has 2 aliphatic heterocycles. The SMILES string of the molecule is C[C@@]1(c2ccc(F)cc2Cl)CCN(C(=S)Nc2ccc3c(c2)OCO3)C1. The molecule has 2 aliphatic rings. The second kappa shape index (κ2) is 6.59. The average Bonchev–Trinajstić information content (AvgIpc) is 3.21. The average molecular weight is 393 g/mol. The van der Waals surface area contributed by atoms with E-state index in [2.05, 4.69) is 17.1 Å². The molecule has 0 bridgehead atoms. The largest absolute Gasteiger partial charge is 0.454 e. The van der Waals surface area contributed by atoms with Crippen molar-refractivity contribution in [2.24, 2.45) is 0 Å². The van der Waals surface area contributed by atoms with Crippen LogP contribution in [0.5, 0.6) is 11.5 Å². The van der Waals surface area contributed by atoms with Gasteiger partial charge in [0.15, 0.2) is 16.6 Å². The van der Waals surface area contributed by atoms with Gasteiger partial charge >= 0.3 is 0 Å². The van der Waals surface area contributed by atoms with E-state index in [0.717, 1.165) is 36.5 Å². The van der Waals surface area contributed by atoms with Gasteiger partial charge in [-0.25, -0.2) is 4.39 Å². The zero-order valence-corrected chi connectivity index (χ0v) is 15.8. The summed E-state index contributed by atoms with van der Waals surface area (Å²) >= 11 is 11.9. The quantitative estimate of drug-likeness (QED) is 0.757. The molecular weight excluding hydrogens is 375 g/mol. The molecule has 0 spiro atoms. The lowest BCUT2D eigenvalue weighted by atomic mass is 9.82. The Bertz CT molecular complexity index is 879. The van der Waals surface area contributed by atoms with Crippen LogP contribution >= 0.6 is 23.8 Å². The molecule has 7 heteroatoms. The minimum absolute atomic E-state index is 0.175. The molecule has 0 aliphatic carbocycles. The molecule has 1 fully saturated rings. The van der Waals surface area contributed by atoms with Gasteiger partial charge in [0.2, 0.25) is 6.79 Å². The number of rotatable bonds is 2. The van der Waals surface area contributed by atoms with Crippen LogP contribution in [0.25, 0.3) is 0 Å². The number of thiocarbonyl (C=S) groups is 1. The highest BCUT2D eigenvalue weighted by Crippen LogP contribution is 2.39. The Morgan fingerprint density at radius 1 is 1.23 bits per heavy atom. The Morgan fingerprint density at radius 2 is 2.04 bits per heavy atom.